The van der Waals surface area contributed by atoms with E-state index in [4.69, 9.17) is 0 Å². The zero-order chi connectivity index (χ0) is 19.2. The van der Waals surface area contributed by atoms with Gasteiger partial charge in [-0.1, -0.05) is 11.6 Å². The van der Waals surface area contributed by atoms with Gasteiger partial charge in [-0.15, -0.1) is 0 Å². The second-order valence-electron chi connectivity index (χ2n) is 7.91. The van der Waals surface area contributed by atoms with E-state index in [1.54, 1.807) is 0 Å². The summed E-state index contributed by atoms with van der Waals surface area (Å²) >= 11 is 0. The lowest BCUT2D eigenvalue weighted by Gasteiger charge is -2.43. The van der Waals surface area contributed by atoms with Gasteiger partial charge in [-0.25, -0.2) is 4.79 Å². The van der Waals surface area contributed by atoms with Gasteiger partial charge in [0.1, 0.15) is 0 Å². The van der Waals surface area contributed by atoms with E-state index in [1.807, 2.05) is 28.6 Å². The van der Waals surface area contributed by atoms with Crippen molar-refractivity contribution >= 4 is 22.8 Å². The first kappa shape index (κ1) is 17.8. The number of nitrogens with zero attached hydrogens (tertiary/aromatic N) is 4. The van der Waals surface area contributed by atoms with Crippen molar-refractivity contribution in [3.8, 4) is 0 Å². The number of benzene rings is 1. The van der Waals surface area contributed by atoms with Crippen LogP contribution in [0.1, 0.15) is 36.9 Å². The van der Waals surface area contributed by atoms with Crippen molar-refractivity contribution in [2.45, 2.75) is 44.7 Å². The van der Waals surface area contributed by atoms with Crippen molar-refractivity contribution in [3.05, 3.63) is 29.5 Å². The smallest absolute Gasteiger partial charge is 0.317 e. The molecule has 1 aromatic carbocycles. The number of hydrogen-bond acceptors (Lipinski definition) is 3. The van der Waals surface area contributed by atoms with E-state index in [-0.39, 0.29) is 17.5 Å². The highest BCUT2D eigenvalue weighted by Gasteiger charge is 2.45. The van der Waals surface area contributed by atoms with Gasteiger partial charge >= 0.3 is 6.03 Å². The van der Waals surface area contributed by atoms with Gasteiger partial charge in [-0.2, -0.15) is 5.10 Å². The van der Waals surface area contributed by atoms with Crippen molar-refractivity contribution in [1.82, 2.24) is 24.9 Å². The number of urea groups is 1. The molecule has 1 aromatic heterocycles. The van der Waals surface area contributed by atoms with Gasteiger partial charge in [0.05, 0.1) is 17.8 Å². The van der Waals surface area contributed by atoms with Gasteiger partial charge in [0.2, 0.25) is 5.91 Å². The van der Waals surface area contributed by atoms with E-state index in [9.17, 15) is 9.59 Å². The summed E-state index contributed by atoms with van der Waals surface area (Å²) in [5, 5.41) is 8.67. The minimum Gasteiger partial charge on any atom is -0.340 e. The molecule has 0 radical (unpaired) electrons. The van der Waals surface area contributed by atoms with Gasteiger partial charge in [-0.3, -0.25) is 9.48 Å². The third-order valence-electron chi connectivity index (χ3n) is 6.36. The molecule has 2 fully saturated rings. The van der Waals surface area contributed by atoms with Gasteiger partial charge in [-0.05, 0) is 38.3 Å². The SMILES string of the molecule is Cc1ccc2c(c1)c(CNC(=O)N1CCC3(CCC(=O)N3C)CC1)nn2C. The number of nitrogens with one attached hydrogen (secondary N) is 1. The fourth-order valence-electron chi connectivity index (χ4n) is 4.50. The Morgan fingerprint density at radius 1 is 1.22 bits per heavy atom. The molecule has 1 spiro atoms. The maximum Gasteiger partial charge on any atom is 0.317 e. The first-order valence-electron chi connectivity index (χ1n) is 9.61. The number of rotatable bonds is 2. The van der Waals surface area contributed by atoms with E-state index in [0.29, 0.717) is 26.1 Å². The number of carbonyl (C=O) groups excluding carboxylic acids is 2. The Labute approximate surface area is 159 Å². The van der Waals surface area contributed by atoms with E-state index in [2.05, 4.69) is 35.5 Å². The summed E-state index contributed by atoms with van der Waals surface area (Å²) in [7, 11) is 3.83. The van der Waals surface area contributed by atoms with Crippen LogP contribution in [0.5, 0.6) is 0 Å². The van der Waals surface area contributed by atoms with Crippen molar-refractivity contribution in [2.75, 3.05) is 20.1 Å². The third-order valence-corrected chi connectivity index (χ3v) is 6.36. The van der Waals surface area contributed by atoms with Crippen LogP contribution in [0, 0.1) is 6.92 Å². The summed E-state index contributed by atoms with van der Waals surface area (Å²) < 4.78 is 1.86. The molecule has 0 bridgehead atoms. The molecule has 4 rings (SSSR count). The Hall–Kier alpha value is -2.57. The highest BCUT2D eigenvalue weighted by atomic mass is 16.2. The Balaban J connectivity index is 1.38. The monoisotopic (exact) mass is 369 g/mol. The minimum atomic E-state index is -0.0525. The highest BCUT2D eigenvalue weighted by molar-refractivity contribution is 5.83. The van der Waals surface area contributed by atoms with Crippen LogP contribution < -0.4 is 5.32 Å². The zero-order valence-corrected chi connectivity index (χ0v) is 16.3. The lowest BCUT2D eigenvalue weighted by atomic mass is 9.85. The molecule has 0 aliphatic carbocycles. The molecule has 3 amide bonds. The fourth-order valence-corrected chi connectivity index (χ4v) is 4.50. The number of likely N-dealkylation sites (tertiary alicyclic amines) is 2. The summed E-state index contributed by atoms with van der Waals surface area (Å²) in [6.45, 7) is 3.85. The van der Waals surface area contributed by atoms with Gasteiger partial charge in [0.15, 0.2) is 0 Å². The number of hydrogen-bond donors (Lipinski definition) is 1. The summed E-state index contributed by atoms with van der Waals surface area (Å²) in [4.78, 5) is 28.3. The molecule has 2 aliphatic heterocycles. The first-order valence-corrected chi connectivity index (χ1v) is 9.61. The Morgan fingerprint density at radius 3 is 2.63 bits per heavy atom. The number of piperidine rings is 1. The number of aryl methyl sites for hydroxylation is 2. The van der Waals surface area contributed by atoms with E-state index in [1.165, 1.54) is 5.56 Å². The van der Waals surface area contributed by atoms with Crippen LogP contribution in [0.2, 0.25) is 0 Å². The van der Waals surface area contributed by atoms with Gasteiger partial charge in [0, 0.05) is 44.5 Å². The molecule has 0 unspecified atom stereocenters. The van der Waals surface area contributed by atoms with Crippen LogP contribution >= 0.6 is 0 Å². The van der Waals surface area contributed by atoms with Crippen LogP contribution in [-0.2, 0) is 18.4 Å². The fraction of sp³-hybridized carbons (Fsp3) is 0.550. The van der Waals surface area contributed by atoms with Gasteiger partial charge in [0.25, 0.3) is 0 Å². The standard InChI is InChI=1S/C20H27N5O2/c1-14-4-5-17-15(12-14)16(22-24(17)3)13-21-19(27)25-10-8-20(9-11-25)7-6-18(26)23(20)2/h4-5,12H,6-11,13H2,1-3H3,(H,21,27). The molecule has 2 aromatic rings. The normalized spacial score (nSPS) is 19.3. The molecule has 0 saturated carbocycles. The summed E-state index contributed by atoms with van der Waals surface area (Å²) in [5.41, 5.74) is 3.10. The molecule has 3 heterocycles. The van der Waals surface area contributed by atoms with Crippen molar-refractivity contribution in [3.63, 3.8) is 0 Å². The highest BCUT2D eigenvalue weighted by Crippen LogP contribution is 2.37. The molecule has 7 nitrogen and oxygen atoms in total. The lowest BCUT2D eigenvalue weighted by molar-refractivity contribution is -0.130. The first-order chi connectivity index (χ1) is 12.9. The molecular weight excluding hydrogens is 342 g/mol. The number of carbonyl (C=O) groups is 2. The second kappa shape index (κ2) is 6.55. The summed E-state index contributed by atoms with van der Waals surface area (Å²) in [6, 6.07) is 6.19. The van der Waals surface area contributed by atoms with Crippen molar-refractivity contribution < 1.29 is 9.59 Å². The number of amides is 3. The lowest BCUT2D eigenvalue weighted by Crippen LogP contribution is -2.54. The average Bonchev–Trinajstić information content (AvgIpc) is 3.12. The molecule has 27 heavy (non-hydrogen) atoms. The molecule has 144 valence electrons. The Kier molecular flexibility index (Phi) is 4.32. The molecule has 1 N–H and O–H groups in total. The van der Waals surface area contributed by atoms with Crippen LogP contribution in [0.3, 0.4) is 0 Å². The van der Waals surface area contributed by atoms with E-state index >= 15 is 0 Å². The molecule has 2 aliphatic rings. The van der Waals surface area contributed by atoms with Crippen LogP contribution in [-0.4, -0.2) is 57.2 Å². The molecule has 0 atom stereocenters. The molecule has 2 saturated heterocycles. The zero-order valence-electron chi connectivity index (χ0n) is 16.3. The van der Waals surface area contributed by atoms with Crippen molar-refractivity contribution in [1.29, 1.82) is 0 Å². The second-order valence-corrected chi connectivity index (χ2v) is 7.91. The van der Waals surface area contributed by atoms with E-state index in [0.717, 1.165) is 35.9 Å². The topological polar surface area (TPSA) is 70.5 Å². The van der Waals surface area contributed by atoms with Crippen LogP contribution in [0.4, 0.5) is 4.79 Å². The summed E-state index contributed by atoms with van der Waals surface area (Å²) in [5.74, 6) is 0.227. The number of aromatic nitrogens is 2. The number of fused-ring (bicyclic) bond motifs is 1. The maximum atomic E-state index is 12.6. The molecular formula is C20H27N5O2. The molecule has 7 heteroatoms. The Bertz CT molecular complexity index is 895. The predicted molar refractivity (Wildman–Crippen MR) is 103 cm³/mol. The largest absolute Gasteiger partial charge is 0.340 e. The van der Waals surface area contributed by atoms with Crippen LogP contribution in [0.25, 0.3) is 10.9 Å². The van der Waals surface area contributed by atoms with Crippen LogP contribution in [0.15, 0.2) is 18.2 Å². The van der Waals surface area contributed by atoms with Gasteiger partial charge < -0.3 is 15.1 Å². The Morgan fingerprint density at radius 2 is 1.96 bits per heavy atom. The average molecular weight is 369 g/mol. The predicted octanol–water partition coefficient (Wildman–Crippen LogP) is 2.18. The van der Waals surface area contributed by atoms with E-state index < -0.39 is 0 Å². The third kappa shape index (κ3) is 3.05. The summed E-state index contributed by atoms with van der Waals surface area (Å²) in [6.07, 6.45) is 3.26. The quantitative estimate of drug-likeness (QED) is 0.882. The maximum absolute atomic E-state index is 12.6. The van der Waals surface area contributed by atoms with Crippen molar-refractivity contribution in [2.24, 2.45) is 7.05 Å². The minimum absolute atomic E-state index is 0.0391.